The molecule has 4 rings (SSSR count). The maximum absolute atomic E-state index is 12.6. The molecule has 1 aliphatic heterocycles. The van der Waals surface area contributed by atoms with Crippen LogP contribution in [0, 0.1) is 17.7 Å². The molecule has 1 aromatic heterocycles. The van der Waals surface area contributed by atoms with Gasteiger partial charge in [0.2, 0.25) is 0 Å². The van der Waals surface area contributed by atoms with Crippen LogP contribution < -0.4 is 4.90 Å². The van der Waals surface area contributed by atoms with Gasteiger partial charge >= 0.3 is 6.18 Å². The van der Waals surface area contributed by atoms with Crippen LogP contribution >= 0.6 is 0 Å². The van der Waals surface area contributed by atoms with Gasteiger partial charge in [-0.05, 0) is 48.9 Å². The Balaban J connectivity index is 0.000000236. The molecule has 0 radical (unpaired) electrons. The highest BCUT2D eigenvalue weighted by atomic mass is 19.4. The van der Waals surface area contributed by atoms with Gasteiger partial charge in [-0.3, -0.25) is 0 Å². The monoisotopic (exact) mass is 368 g/mol. The van der Waals surface area contributed by atoms with Crippen molar-refractivity contribution in [2.24, 2.45) is 11.8 Å². The molecule has 3 atom stereocenters. The molecular formula is C19H20F4N2O. The van der Waals surface area contributed by atoms with Gasteiger partial charge in [0.05, 0.1) is 6.10 Å². The van der Waals surface area contributed by atoms with Crippen LogP contribution in [0.25, 0.3) is 0 Å². The van der Waals surface area contributed by atoms with E-state index < -0.39 is 11.9 Å². The summed E-state index contributed by atoms with van der Waals surface area (Å²) in [6.45, 7) is 1.38. The van der Waals surface area contributed by atoms with Crippen LogP contribution in [0.2, 0.25) is 0 Å². The molecule has 1 saturated heterocycles. The van der Waals surface area contributed by atoms with Gasteiger partial charge in [-0.2, -0.15) is 13.2 Å². The first kappa shape index (κ1) is 18.6. The highest BCUT2D eigenvalue weighted by Crippen LogP contribution is 2.39. The van der Waals surface area contributed by atoms with Crippen molar-refractivity contribution in [2.45, 2.75) is 25.1 Å². The van der Waals surface area contributed by atoms with Gasteiger partial charge in [-0.1, -0.05) is 24.3 Å². The highest BCUT2D eigenvalue weighted by molar-refractivity contribution is 5.41. The molecule has 1 N–H and O–H groups in total. The Morgan fingerprint density at radius 2 is 1.54 bits per heavy atom. The van der Waals surface area contributed by atoms with Crippen LogP contribution in [-0.4, -0.2) is 29.3 Å². The molecule has 140 valence electrons. The van der Waals surface area contributed by atoms with E-state index in [4.69, 9.17) is 0 Å². The van der Waals surface area contributed by atoms with Crippen molar-refractivity contribution in [2.75, 3.05) is 18.0 Å². The Morgan fingerprint density at radius 1 is 0.923 bits per heavy atom. The predicted octanol–water partition coefficient (Wildman–Crippen LogP) is 4.13. The van der Waals surface area contributed by atoms with E-state index in [-0.39, 0.29) is 11.9 Å². The third kappa shape index (κ3) is 4.52. The zero-order chi connectivity index (χ0) is 18.7. The fraction of sp³-hybridized carbons (Fsp3) is 0.421. The summed E-state index contributed by atoms with van der Waals surface area (Å²) in [4.78, 5) is 5.61. The van der Waals surface area contributed by atoms with Crippen LogP contribution in [-0.2, 0) is 6.18 Å². The quantitative estimate of drug-likeness (QED) is 0.769. The smallest absolute Gasteiger partial charge is 0.393 e. The van der Waals surface area contributed by atoms with E-state index in [1.807, 2.05) is 4.90 Å². The van der Waals surface area contributed by atoms with Gasteiger partial charge in [0.25, 0.3) is 0 Å². The van der Waals surface area contributed by atoms with Crippen LogP contribution in [0.1, 0.15) is 18.5 Å². The Bertz CT molecular complexity index is 709. The van der Waals surface area contributed by atoms with E-state index >= 15 is 0 Å². The number of aliphatic hydroxyl groups excluding tert-OH is 1. The molecule has 2 aliphatic rings. The third-order valence-electron chi connectivity index (χ3n) is 4.81. The number of hydrogen-bond acceptors (Lipinski definition) is 3. The van der Waals surface area contributed by atoms with Gasteiger partial charge in [0, 0.05) is 13.1 Å². The number of alkyl halides is 3. The van der Waals surface area contributed by atoms with Crippen molar-refractivity contribution >= 4 is 5.82 Å². The first-order valence-corrected chi connectivity index (χ1v) is 8.50. The largest absolute Gasteiger partial charge is 0.433 e. The highest BCUT2D eigenvalue weighted by Gasteiger charge is 2.41. The van der Waals surface area contributed by atoms with E-state index in [0.717, 1.165) is 18.9 Å². The normalized spacial score (nSPS) is 24.8. The molecule has 1 unspecified atom stereocenters. The standard InChI is InChI=1S/C13H15F3N2O.C6H5F/c14-13(15,16)11-2-1-3-12(17-11)18-6-8-4-10(19)5-9(8)7-18;7-6-4-2-1-3-5-6/h1-3,8-10,19H,4-7H2;1-5H/t8-,9+,10?;. The predicted molar refractivity (Wildman–Crippen MR) is 90.1 cm³/mol. The molecule has 1 aliphatic carbocycles. The molecule has 2 aromatic rings. The van der Waals surface area contributed by atoms with E-state index in [1.165, 1.54) is 18.2 Å². The SMILES string of the molecule is Fc1ccccc1.OC1C[C@@H]2CN(c3cccc(C(F)(F)F)n3)C[C@@H]2C1. The maximum atomic E-state index is 12.6. The molecule has 3 nitrogen and oxygen atoms in total. The minimum atomic E-state index is -4.40. The van der Waals surface area contributed by atoms with Crippen LogP contribution in [0.4, 0.5) is 23.4 Å². The number of nitrogens with zero attached hydrogens (tertiary/aromatic N) is 2. The fourth-order valence-electron chi connectivity index (χ4n) is 3.63. The number of aromatic nitrogens is 1. The summed E-state index contributed by atoms with van der Waals surface area (Å²) in [6.07, 6.45) is -3.14. The summed E-state index contributed by atoms with van der Waals surface area (Å²) in [5.74, 6) is 0.971. The number of fused-ring (bicyclic) bond motifs is 1. The number of halogens is 4. The third-order valence-corrected chi connectivity index (χ3v) is 4.81. The summed E-state index contributed by atoms with van der Waals surface area (Å²) < 4.78 is 49.8. The Labute approximate surface area is 149 Å². The second-order valence-electron chi connectivity index (χ2n) is 6.72. The second-order valence-corrected chi connectivity index (χ2v) is 6.72. The second kappa shape index (κ2) is 7.61. The van der Waals surface area contributed by atoms with Crippen LogP contribution in [0.5, 0.6) is 0 Å². The first-order valence-electron chi connectivity index (χ1n) is 8.50. The van der Waals surface area contributed by atoms with Crippen molar-refractivity contribution in [3.05, 3.63) is 60.0 Å². The van der Waals surface area contributed by atoms with E-state index in [1.54, 1.807) is 24.3 Å². The maximum Gasteiger partial charge on any atom is 0.433 e. The topological polar surface area (TPSA) is 36.4 Å². The number of hydrogen-bond donors (Lipinski definition) is 1. The van der Waals surface area contributed by atoms with E-state index in [2.05, 4.69) is 4.98 Å². The molecule has 0 spiro atoms. The molecule has 1 aromatic carbocycles. The van der Waals surface area contributed by atoms with Crippen molar-refractivity contribution in [3.63, 3.8) is 0 Å². The summed E-state index contributed by atoms with van der Waals surface area (Å²) in [6, 6.07) is 11.9. The average molecular weight is 368 g/mol. The number of aliphatic hydroxyl groups is 1. The Hall–Kier alpha value is -2.15. The number of benzene rings is 1. The number of anilines is 1. The lowest BCUT2D eigenvalue weighted by atomic mass is 10.0. The lowest BCUT2D eigenvalue weighted by Crippen LogP contribution is -2.24. The van der Waals surface area contributed by atoms with Crippen LogP contribution in [0.3, 0.4) is 0 Å². The minimum absolute atomic E-state index is 0.178. The van der Waals surface area contributed by atoms with Gasteiger partial charge in [-0.15, -0.1) is 0 Å². The zero-order valence-electron chi connectivity index (χ0n) is 14.0. The lowest BCUT2D eigenvalue weighted by molar-refractivity contribution is -0.141. The van der Waals surface area contributed by atoms with Crippen molar-refractivity contribution in [1.29, 1.82) is 0 Å². The Morgan fingerprint density at radius 3 is 2.04 bits per heavy atom. The van der Waals surface area contributed by atoms with Gasteiger partial charge < -0.3 is 10.0 Å². The molecule has 2 fully saturated rings. The minimum Gasteiger partial charge on any atom is -0.393 e. The van der Waals surface area contributed by atoms with Gasteiger partial charge in [-0.25, -0.2) is 9.37 Å². The van der Waals surface area contributed by atoms with Crippen molar-refractivity contribution in [3.8, 4) is 0 Å². The van der Waals surface area contributed by atoms with Crippen molar-refractivity contribution < 1.29 is 22.7 Å². The molecule has 2 heterocycles. The van der Waals surface area contributed by atoms with Crippen LogP contribution in [0.15, 0.2) is 48.5 Å². The summed E-state index contributed by atoms with van der Waals surface area (Å²) in [7, 11) is 0. The summed E-state index contributed by atoms with van der Waals surface area (Å²) >= 11 is 0. The summed E-state index contributed by atoms with van der Waals surface area (Å²) in [5.41, 5.74) is -0.845. The number of rotatable bonds is 1. The molecule has 0 bridgehead atoms. The molecule has 1 saturated carbocycles. The fourth-order valence-corrected chi connectivity index (χ4v) is 3.63. The van der Waals surface area contributed by atoms with Gasteiger partial charge in [0.1, 0.15) is 17.3 Å². The number of pyridine rings is 1. The average Bonchev–Trinajstić information content (AvgIpc) is 3.13. The van der Waals surface area contributed by atoms with Gasteiger partial charge in [0.15, 0.2) is 0 Å². The molecular weight excluding hydrogens is 348 g/mol. The molecule has 0 amide bonds. The molecule has 7 heteroatoms. The molecule has 26 heavy (non-hydrogen) atoms. The Kier molecular flexibility index (Phi) is 5.46. The summed E-state index contributed by atoms with van der Waals surface area (Å²) in [5, 5.41) is 9.56. The van der Waals surface area contributed by atoms with E-state index in [9.17, 15) is 22.7 Å². The van der Waals surface area contributed by atoms with Crippen molar-refractivity contribution in [1.82, 2.24) is 4.98 Å². The van der Waals surface area contributed by atoms with E-state index in [0.29, 0.717) is 30.7 Å². The zero-order valence-corrected chi connectivity index (χ0v) is 14.0. The first-order chi connectivity index (χ1) is 12.3. The lowest BCUT2D eigenvalue weighted by Gasteiger charge is -2.20.